The molecular weight excluding hydrogens is 321 g/mol. The summed E-state index contributed by atoms with van der Waals surface area (Å²) in [6.45, 7) is 3.94. The lowest BCUT2D eigenvalue weighted by molar-refractivity contribution is 0.103. The van der Waals surface area contributed by atoms with E-state index in [4.69, 9.17) is 11.6 Å². The van der Waals surface area contributed by atoms with Crippen molar-refractivity contribution in [2.75, 3.05) is 5.32 Å². The van der Waals surface area contributed by atoms with Gasteiger partial charge in [-0.1, -0.05) is 23.7 Å². The number of benzene rings is 2. The molecule has 1 amide bonds. The van der Waals surface area contributed by atoms with Gasteiger partial charge in [-0.05, 0) is 49.2 Å². The van der Waals surface area contributed by atoms with Crippen LogP contribution in [0.4, 0.5) is 10.1 Å². The highest BCUT2D eigenvalue weighted by Crippen LogP contribution is 2.36. The summed E-state index contributed by atoms with van der Waals surface area (Å²) in [7, 11) is 0. The molecule has 1 aromatic heterocycles. The van der Waals surface area contributed by atoms with E-state index in [-0.39, 0.29) is 11.7 Å². The van der Waals surface area contributed by atoms with Gasteiger partial charge in [0.15, 0.2) is 0 Å². The Balaban J connectivity index is 1.99. The number of thiophene rings is 1. The van der Waals surface area contributed by atoms with E-state index in [0.29, 0.717) is 20.0 Å². The molecule has 1 heterocycles. The van der Waals surface area contributed by atoms with Crippen LogP contribution in [0.25, 0.3) is 10.1 Å². The summed E-state index contributed by atoms with van der Waals surface area (Å²) in [4.78, 5) is 12.9. The van der Waals surface area contributed by atoms with Gasteiger partial charge in [-0.2, -0.15) is 0 Å². The summed E-state index contributed by atoms with van der Waals surface area (Å²) in [6.07, 6.45) is 0. The monoisotopic (exact) mass is 333 g/mol. The lowest BCUT2D eigenvalue weighted by Gasteiger charge is -2.09. The summed E-state index contributed by atoms with van der Waals surface area (Å²) in [5, 5.41) is 3.93. The minimum atomic E-state index is -0.341. The molecular formula is C17H13ClFNOS. The third kappa shape index (κ3) is 2.60. The van der Waals surface area contributed by atoms with Crippen molar-refractivity contribution in [2.24, 2.45) is 0 Å². The standard InChI is InChI=1S/C17H13ClFNOS/c1-9-4-3-5-13(10(9)2)20-17(21)16-15(18)12-7-6-11(19)8-14(12)22-16/h3-8H,1-2H3,(H,20,21). The van der Waals surface area contributed by atoms with Gasteiger partial charge in [0.25, 0.3) is 5.91 Å². The van der Waals surface area contributed by atoms with Crippen LogP contribution in [0.2, 0.25) is 5.02 Å². The van der Waals surface area contributed by atoms with Crippen LogP contribution >= 0.6 is 22.9 Å². The van der Waals surface area contributed by atoms with Gasteiger partial charge in [-0.15, -0.1) is 11.3 Å². The molecule has 0 saturated heterocycles. The molecule has 0 aliphatic carbocycles. The molecule has 2 nitrogen and oxygen atoms in total. The van der Waals surface area contributed by atoms with Gasteiger partial charge >= 0.3 is 0 Å². The molecule has 112 valence electrons. The fourth-order valence-electron chi connectivity index (χ4n) is 2.25. The number of halogens is 2. The topological polar surface area (TPSA) is 29.1 Å². The summed E-state index contributed by atoms with van der Waals surface area (Å²) >= 11 is 7.46. The normalized spacial score (nSPS) is 10.9. The highest BCUT2D eigenvalue weighted by atomic mass is 35.5. The Kier molecular flexibility index (Phi) is 3.89. The maximum Gasteiger partial charge on any atom is 0.267 e. The fourth-order valence-corrected chi connectivity index (χ4v) is 3.69. The molecule has 0 radical (unpaired) electrons. The molecule has 0 saturated carbocycles. The van der Waals surface area contributed by atoms with Crippen LogP contribution in [-0.4, -0.2) is 5.91 Å². The molecule has 0 aliphatic heterocycles. The number of hydrogen-bond donors (Lipinski definition) is 1. The summed E-state index contributed by atoms with van der Waals surface area (Å²) in [6, 6.07) is 10.0. The Morgan fingerprint density at radius 3 is 2.77 bits per heavy atom. The third-order valence-electron chi connectivity index (χ3n) is 3.65. The number of anilines is 1. The molecule has 22 heavy (non-hydrogen) atoms. The van der Waals surface area contributed by atoms with E-state index in [2.05, 4.69) is 5.32 Å². The van der Waals surface area contributed by atoms with Crippen molar-refractivity contribution in [3.63, 3.8) is 0 Å². The zero-order valence-corrected chi connectivity index (χ0v) is 13.6. The molecule has 0 unspecified atom stereocenters. The Labute approximate surface area is 136 Å². The van der Waals surface area contributed by atoms with Crippen LogP contribution in [0.15, 0.2) is 36.4 Å². The van der Waals surface area contributed by atoms with Crippen molar-refractivity contribution in [1.82, 2.24) is 0 Å². The number of nitrogens with one attached hydrogen (secondary N) is 1. The first kappa shape index (κ1) is 15.0. The number of carbonyl (C=O) groups excluding carboxylic acids is 1. The molecule has 3 aromatic rings. The predicted molar refractivity (Wildman–Crippen MR) is 90.7 cm³/mol. The smallest absolute Gasteiger partial charge is 0.267 e. The molecule has 0 atom stereocenters. The minimum Gasteiger partial charge on any atom is -0.321 e. The summed E-state index contributed by atoms with van der Waals surface area (Å²) < 4.78 is 13.9. The van der Waals surface area contributed by atoms with E-state index in [1.54, 1.807) is 6.07 Å². The fraction of sp³-hybridized carbons (Fsp3) is 0.118. The molecule has 3 rings (SSSR count). The second kappa shape index (κ2) is 5.71. The number of rotatable bonds is 2. The zero-order valence-electron chi connectivity index (χ0n) is 12.0. The lowest BCUT2D eigenvalue weighted by Crippen LogP contribution is -2.11. The van der Waals surface area contributed by atoms with Gasteiger partial charge in [0.1, 0.15) is 10.7 Å². The van der Waals surface area contributed by atoms with Crippen molar-refractivity contribution in [1.29, 1.82) is 0 Å². The first-order chi connectivity index (χ1) is 10.5. The molecule has 0 bridgehead atoms. The molecule has 1 N–H and O–H groups in total. The van der Waals surface area contributed by atoms with Gasteiger partial charge < -0.3 is 5.32 Å². The second-order valence-corrected chi connectivity index (χ2v) is 6.52. The van der Waals surface area contributed by atoms with Gasteiger partial charge in [-0.25, -0.2) is 4.39 Å². The number of aryl methyl sites for hydroxylation is 1. The van der Waals surface area contributed by atoms with Gasteiger partial charge in [-0.3, -0.25) is 4.79 Å². The maximum atomic E-state index is 13.3. The van der Waals surface area contributed by atoms with Crippen molar-refractivity contribution in [2.45, 2.75) is 13.8 Å². The van der Waals surface area contributed by atoms with E-state index in [1.165, 1.54) is 23.5 Å². The van der Waals surface area contributed by atoms with Gasteiger partial charge in [0.2, 0.25) is 0 Å². The molecule has 5 heteroatoms. The van der Waals surface area contributed by atoms with Gasteiger partial charge in [0, 0.05) is 15.8 Å². The van der Waals surface area contributed by atoms with E-state index >= 15 is 0 Å². The quantitative estimate of drug-likeness (QED) is 0.653. The third-order valence-corrected chi connectivity index (χ3v) is 5.31. The summed E-state index contributed by atoms with van der Waals surface area (Å²) in [5.41, 5.74) is 2.87. The highest BCUT2D eigenvalue weighted by molar-refractivity contribution is 7.21. The minimum absolute atomic E-state index is 0.277. The van der Waals surface area contributed by atoms with E-state index in [1.807, 2.05) is 32.0 Å². The van der Waals surface area contributed by atoms with Crippen LogP contribution in [0, 0.1) is 19.7 Å². The van der Waals surface area contributed by atoms with Crippen LogP contribution in [0.1, 0.15) is 20.8 Å². The van der Waals surface area contributed by atoms with E-state index < -0.39 is 0 Å². The second-order valence-electron chi connectivity index (χ2n) is 5.09. The van der Waals surface area contributed by atoms with Crippen molar-refractivity contribution in [3.8, 4) is 0 Å². The lowest BCUT2D eigenvalue weighted by atomic mass is 10.1. The number of amides is 1. The largest absolute Gasteiger partial charge is 0.321 e. The first-order valence-corrected chi connectivity index (χ1v) is 7.92. The Morgan fingerprint density at radius 1 is 1.23 bits per heavy atom. The molecule has 0 fully saturated rings. The number of carbonyl (C=O) groups is 1. The van der Waals surface area contributed by atoms with Crippen molar-refractivity contribution < 1.29 is 9.18 Å². The average Bonchev–Trinajstić information content (AvgIpc) is 2.80. The average molecular weight is 334 g/mol. The number of fused-ring (bicyclic) bond motifs is 1. The van der Waals surface area contributed by atoms with E-state index in [0.717, 1.165) is 16.8 Å². The first-order valence-electron chi connectivity index (χ1n) is 6.72. The zero-order chi connectivity index (χ0) is 15.9. The summed E-state index contributed by atoms with van der Waals surface area (Å²) in [5.74, 6) is -0.618. The Morgan fingerprint density at radius 2 is 2.00 bits per heavy atom. The van der Waals surface area contributed by atoms with Crippen LogP contribution in [0.3, 0.4) is 0 Å². The molecule has 0 spiro atoms. The Hall–Kier alpha value is -1.91. The predicted octanol–water partition coefficient (Wildman–Crippen LogP) is 5.56. The van der Waals surface area contributed by atoms with Crippen LogP contribution in [-0.2, 0) is 0 Å². The van der Waals surface area contributed by atoms with E-state index in [9.17, 15) is 9.18 Å². The molecule has 0 aliphatic rings. The SMILES string of the molecule is Cc1cccc(NC(=O)c2sc3cc(F)ccc3c2Cl)c1C. The van der Waals surface area contributed by atoms with Crippen molar-refractivity contribution in [3.05, 3.63) is 63.2 Å². The molecule has 2 aromatic carbocycles. The highest BCUT2D eigenvalue weighted by Gasteiger charge is 2.18. The van der Waals surface area contributed by atoms with Crippen molar-refractivity contribution >= 4 is 44.6 Å². The van der Waals surface area contributed by atoms with Crippen LogP contribution < -0.4 is 5.32 Å². The number of hydrogen-bond acceptors (Lipinski definition) is 2. The van der Waals surface area contributed by atoms with Crippen LogP contribution in [0.5, 0.6) is 0 Å². The maximum absolute atomic E-state index is 13.3. The van der Waals surface area contributed by atoms with Gasteiger partial charge in [0.05, 0.1) is 5.02 Å². The Bertz CT molecular complexity index is 888.